The van der Waals surface area contributed by atoms with Crippen LogP contribution in [0.25, 0.3) is 11.0 Å². The predicted octanol–water partition coefficient (Wildman–Crippen LogP) is 5.50. The van der Waals surface area contributed by atoms with Crippen molar-refractivity contribution in [3.05, 3.63) is 88.6 Å². The Morgan fingerprint density at radius 2 is 1.90 bits per heavy atom. The zero-order chi connectivity index (χ0) is 26.8. The number of nitrogens with zero attached hydrogens (tertiary/aromatic N) is 5. The van der Waals surface area contributed by atoms with Crippen molar-refractivity contribution in [1.29, 1.82) is 5.26 Å². The van der Waals surface area contributed by atoms with Crippen LogP contribution in [0, 0.1) is 24.1 Å². The van der Waals surface area contributed by atoms with E-state index in [1.54, 1.807) is 18.2 Å². The van der Waals surface area contributed by atoms with Gasteiger partial charge in [-0.1, -0.05) is 24.3 Å². The molecule has 6 rings (SSSR count). The lowest BCUT2D eigenvalue weighted by molar-refractivity contribution is -0.0592. The minimum atomic E-state index is -0.443. The average molecular weight is 526 g/mol. The van der Waals surface area contributed by atoms with E-state index in [2.05, 4.69) is 40.7 Å². The number of likely N-dealkylation sites (tertiary alicyclic amines) is 1. The molecular weight excluding hydrogens is 493 g/mol. The van der Waals surface area contributed by atoms with Gasteiger partial charge in [-0.05, 0) is 69.1 Å². The van der Waals surface area contributed by atoms with E-state index in [9.17, 15) is 4.39 Å². The molecule has 0 aliphatic carbocycles. The fourth-order valence-corrected chi connectivity index (χ4v) is 5.50. The number of ether oxygens (including phenoxy) is 2. The van der Waals surface area contributed by atoms with Crippen molar-refractivity contribution in [2.24, 2.45) is 0 Å². The highest BCUT2D eigenvalue weighted by Gasteiger charge is 2.26. The molecule has 0 amide bonds. The number of halogens is 1. The van der Waals surface area contributed by atoms with Gasteiger partial charge in [0.25, 0.3) is 0 Å². The standard InChI is InChI=1S/C31H32FN5O2/c1-21-4-2-6-28-31(21)35-29(37(28)18-25-12-15-38-25)19-36-13-10-23(11-14-36)27-5-3-7-30(34-27)39-20-24-9-8-22(17-33)16-26(24)32/h2-9,16,23,25H,10-15,18-20H2,1H3/t25-/m0/s1. The first-order valence-electron chi connectivity index (χ1n) is 13.6. The minimum absolute atomic E-state index is 0.0683. The summed E-state index contributed by atoms with van der Waals surface area (Å²) in [6, 6.07) is 18.6. The Kier molecular flexibility index (Phi) is 7.27. The Bertz CT molecular complexity index is 1520. The van der Waals surface area contributed by atoms with Gasteiger partial charge in [0.15, 0.2) is 0 Å². The van der Waals surface area contributed by atoms with Crippen LogP contribution < -0.4 is 4.74 Å². The summed E-state index contributed by atoms with van der Waals surface area (Å²) >= 11 is 0. The number of aryl methyl sites for hydroxylation is 1. The van der Waals surface area contributed by atoms with Gasteiger partial charge in [0.05, 0.1) is 41.9 Å². The van der Waals surface area contributed by atoms with E-state index in [0.717, 1.165) is 69.1 Å². The van der Waals surface area contributed by atoms with Gasteiger partial charge >= 0.3 is 0 Å². The maximum atomic E-state index is 14.2. The number of nitriles is 1. The van der Waals surface area contributed by atoms with Crippen molar-refractivity contribution < 1.29 is 13.9 Å². The second-order valence-electron chi connectivity index (χ2n) is 10.5. The summed E-state index contributed by atoms with van der Waals surface area (Å²) in [7, 11) is 0. The second-order valence-corrected chi connectivity index (χ2v) is 10.5. The first-order valence-corrected chi connectivity index (χ1v) is 13.6. The SMILES string of the molecule is Cc1cccc2c1nc(CN1CCC(c3cccc(OCc4ccc(C#N)cc4F)n3)CC1)n2C[C@@H]1CCO1. The lowest BCUT2D eigenvalue weighted by Crippen LogP contribution is -2.35. The van der Waals surface area contributed by atoms with Crippen LogP contribution in [-0.4, -0.2) is 45.2 Å². The Morgan fingerprint density at radius 3 is 2.64 bits per heavy atom. The summed E-state index contributed by atoms with van der Waals surface area (Å²) in [6.45, 7) is 6.66. The summed E-state index contributed by atoms with van der Waals surface area (Å²) in [6.07, 6.45) is 3.40. The Balaban J connectivity index is 1.09. The number of rotatable bonds is 8. The molecule has 0 bridgehead atoms. The van der Waals surface area contributed by atoms with Crippen LogP contribution >= 0.6 is 0 Å². The van der Waals surface area contributed by atoms with E-state index in [1.807, 2.05) is 12.1 Å². The van der Waals surface area contributed by atoms with Gasteiger partial charge in [-0.15, -0.1) is 0 Å². The molecule has 0 spiro atoms. The number of aromatic nitrogens is 3. The van der Waals surface area contributed by atoms with E-state index in [1.165, 1.54) is 17.1 Å². The van der Waals surface area contributed by atoms with E-state index in [4.69, 9.17) is 24.7 Å². The number of imidazole rings is 1. The van der Waals surface area contributed by atoms with Crippen LogP contribution in [0.5, 0.6) is 5.88 Å². The summed E-state index contributed by atoms with van der Waals surface area (Å²) in [5.74, 6) is 1.50. The molecule has 0 radical (unpaired) electrons. The molecule has 2 saturated heterocycles. The van der Waals surface area contributed by atoms with Crippen molar-refractivity contribution in [3.63, 3.8) is 0 Å². The molecule has 2 aromatic heterocycles. The van der Waals surface area contributed by atoms with Gasteiger partial charge in [0, 0.05) is 29.8 Å². The van der Waals surface area contributed by atoms with E-state index in [0.29, 0.717) is 22.9 Å². The molecular formula is C31H32FN5O2. The molecule has 2 fully saturated rings. The Morgan fingerprint density at radius 1 is 1.08 bits per heavy atom. The number of fused-ring (bicyclic) bond motifs is 1. The number of para-hydroxylation sites is 1. The monoisotopic (exact) mass is 525 g/mol. The number of pyridine rings is 1. The van der Waals surface area contributed by atoms with Crippen molar-refractivity contribution in [1.82, 2.24) is 19.4 Å². The highest BCUT2D eigenvalue weighted by Crippen LogP contribution is 2.30. The van der Waals surface area contributed by atoms with Gasteiger partial charge in [0.1, 0.15) is 18.2 Å². The number of piperidine rings is 1. The molecule has 8 heteroatoms. The van der Waals surface area contributed by atoms with Crippen LogP contribution in [0.2, 0.25) is 0 Å². The molecule has 0 saturated carbocycles. The molecule has 2 aromatic carbocycles. The third-order valence-corrected chi connectivity index (χ3v) is 7.91. The molecule has 4 aromatic rings. The van der Waals surface area contributed by atoms with Crippen LogP contribution in [0.15, 0.2) is 54.6 Å². The Hall–Kier alpha value is -3.80. The predicted molar refractivity (Wildman–Crippen MR) is 146 cm³/mol. The topological polar surface area (TPSA) is 76.2 Å². The van der Waals surface area contributed by atoms with Crippen molar-refractivity contribution in [2.45, 2.75) is 57.9 Å². The van der Waals surface area contributed by atoms with Gasteiger partial charge in [0.2, 0.25) is 5.88 Å². The Labute approximate surface area is 227 Å². The summed E-state index contributed by atoms with van der Waals surface area (Å²) in [4.78, 5) is 12.3. The highest BCUT2D eigenvalue weighted by molar-refractivity contribution is 5.79. The molecule has 0 unspecified atom stereocenters. The molecule has 0 N–H and O–H groups in total. The first kappa shape index (κ1) is 25.5. The largest absolute Gasteiger partial charge is 0.473 e. The molecule has 1 atom stereocenters. The van der Waals surface area contributed by atoms with Crippen molar-refractivity contribution in [2.75, 3.05) is 19.7 Å². The average Bonchev–Trinajstić information content (AvgIpc) is 3.28. The fraction of sp³-hybridized carbons (Fsp3) is 0.387. The van der Waals surface area contributed by atoms with Crippen LogP contribution in [0.4, 0.5) is 4.39 Å². The van der Waals surface area contributed by atoms with Crippen LogP contribution in [0.3, 0.4) is 0 Å². The molecule has 200 valence electrons. The molecule has 4 heterocycles. The van der Waals surface area contributed by atoms with E-state index < -0.39 is 5.82 Å². The minimum Gasteiger partial charge on any atom is -0.473 e. The maximum Gasteiger partial charge on any atom is 0.213 e. The van der Waals surface area contributed by atoms with Gasteiger partial charge in [-0.3, -0.25) is 4.90 Å². The van der Waals surface area contributed by atoms with Crippen molar-refractivity contribution >= 4 is 11.0 Å². The summed E-state index contributed by atoms with van der Waals surface area (Å²) in [5, 5.41) is 8.93. The number of benzene rings is 2. The lowest BCUT2D eigenvalue weighted by Gasteiger charge is -2.32. The second kappa shape index (κ2) is 11.1. The quantitative estimate of drug-likeness (QED) is 0.303. The summed E-state index contributed by atoms with van der Waals surface area (Å²) < 4.78 is 28.1. The maximum absolute atomic E-state index is 14.2. The normalized spacial score (nSPS) is 18.1. The van der Waals surface area contributed by atoms with Crippen LogP contribution in [-0.2, 0) is 24.4 Å². The molecule has 2 aliphatic rings. The lowest BCUT2D eigenvalue weighted by atomic mass is 9.93. The summed E-state index contributed by atoms with van der Waals surface area (Å²) in [5.41, 5.74) is 5.19. The number of hydrogen-bond donors (Lipinski definition) is 0. The number of hydrogen-bond acceptors (Lipinski definition) is 6. The molecule has 2 aliphatic heterocycles. The van der Waals surface area contributed by atoms with Crippen molar-refractivity contribution in [3.8, 4) is 11.9 Å². The fourth-order valence-electron chi connectivity index (χ4n) is 5.50. The van der Waals surface area contributed by atoms with Gasteiger partial charge in [-0.25, -0.2) is 14.4 Å². The zero-order valence-electron chi connectivity index (χ0n) is 22.1. The van der Waals surface area contributed by atoms with Crippen LogP contribution in [0.1, 0.15) is 53.4 Å². The third kappa shape index (κ3) is 5.51. The smallest absolute Gasteiger partial charge is 0.213 e. The molecule has 39 heavy (non-hydrogen) atoms. The van der Waals surface area contributed by atoms with E-state index in [-0.39, 0.29) is 12.7 Å². The third-order valence-electron chi connectivity index (χ3n) is 7.91. The van der Waals surface area contributed by atoms with Gasteiger partial charge in [-0.2, -0.15) is 5.26 Å². The zero-order valence-corrected chi connectivity index (χ0v) is 22.1. The first-order chi connectivity index (χ1) is 19.1. The highest BCUT2D eigenvalue weighted by atomic mass is 19.1. The van der Waals surface area contributed by atoms with E-state index >= 15 is 0 Å². The molecule has 7 nitrogen and oxygen atoms in total. The van der Waals surface area contributed by atoms with Gasteiger partial charge < -0.3 is 14.0 Å².